The fourth-order valence-corrected chi connectivity index (χ4v) is 3.82. The average Bonchev–Trinajstić information content (AvgIpc) is 2.89. The van der Waals surface area contributed by atoms with Crippen LogP contribution in [-0.4, -0.2) is 27.5 Å². The van der Waals surface area contributed by atoms with Crippen molar-refractivity contribution in [3.63, 3.8) is 0 Å². The van der Waals surface area contributed by atoms with Crippen LogP contribution in [0.25, 0.3) is 6.08 Å². The Hall–Kier alpha value is -1.79. The van der Waals surface area contributed by atoms with Crippen molar-refractivity contribution in [2.75, 3.05) is 6.54 Å². The lowest BCUT2D eigenvalue weighted by Crippen LogP contribution is -2.29. The molecule has 1 aliphatic rings. The summed E-state index contributed by atoms with van der Waals surface area (Å²) in [7, 11) is 0. The number of thioether (sulfide) groups is 1. The number of amidine groups is 1. The molecule has 2 heterocycles. The van der Waals surface area contributed by atoms with Crippen molar-refractivity contribution < 1.29 is 4.79 Å². The van der Waals surface area contributed by atoms with E-state index in [9.17, 15) is 4.79 Å². The van der Waals surface area contributed by atoms with E-state index in [-0.39, 0.29) is 5.91 Å². The zero-order valence-corrected chi connectivity index (χ0v) is 16.4. The highest BCUT2D eigenvalue weighted by Gasteiger charge is 2.32. The summed E-state index contributed by atoms with van der Waals surface area (Å²) in [5, 5.41) is 1.92. The molecule has 0 aliphatic carbocycles. The number of hydrogen-bond acceptors (Lipinski definition) is 4. The minimum atomic E-state index is -0.176. The Balaban J connectivity index is 2.00. The molecule has 0 bridgehead atoms. The topological polar surface area (TPSA) is 45.6 Å². The molecule has 1 aromatic carbocycles. The Labute approximate surface area is 170 Å². The van der Waals surface area contributed by atoms with Gasteiger partial charge < -0.3 is 0 Å². The first-order valence-electron chi connectivity index (χ1n) is 7.45. The van der Waals surface area contributed by atoms with Crippen LogP contribution in [0.5, 0.6) is 0 Å². The van der Waals surface area contributed by atoms with Gasteiger partial charge in [0.15, 0.2) is 5.17 Å². The SMILES string of the molecule is C=CCN1C(=O)/C(=C/c2ccc(Cl)cc2Cl)SC1=Nc1ccncc1Cl. The Kier molecular flexibility index (Phi) is 6.04. The van der Waals surface area contributed by atoms with Crippen LogP contribution >= 0.6 is 46.6 Å². The second-order valence-corrected chi connectivity index (χ2v) is 7.46. The number of nitrogens with zero attached hydrogens (tertiary/aromatic N) is 3. The van der Waals surface area contributed by atoms with Gasteiger partial charge in [0.2, 0.25) is 0 Å². The maximum absolute atomic E-state index is 12.8. The van der Waals surface area contributed by atoms with Gasteiger partial charge in [0.05, 0.1) is 15.6 Å². The largest absolute Gasteiger partial charge is 0.283 e. The number of benzene rings is 1. The second kappa shape index (κ2) is 8.27. The van der Waals surface area contributed by atoms with Gasteiger partial charge >= 0.3 is 0 Å². The molecule has 1 fully saturated rings. The highest BCUT2D eigenvalue weighted by Crippen LogP contribution is 2.36. The van der Waals surface area contributed by atoms with Gasteiger partial charge in [-0.2, -0.15) is 0 Å². The molecular formula is C18H12Cl3N3OS. The quantitative estimate of drug-likeness (QED) is 0.458. The summed E-state index contributed by atoms with van der Waals surface area (Å²) in [6, 6.07) is 6.80. The number of carbonyl (C=O) groups is 1. The Bertz CT molecular complexity index is 943. The van der Waals surface area contributed by atoms with Crippen molar-refractivity contribution in [2.24, 2.45) is 4.99 Å². The smallest absolute Gasteiger partial charge is 0.267 e. The van der Waals surface area contributed by atoms with Gasteiger partial charge in [-0.1, -0.05) is 46.9 Å². The molecule has 4 nitrogen and oxygen atoms in total. The minimum Gasteiger partial charge on any atom is -0.283 e. The van der Waals surface area contributed by atoms with Crippen LogP contribution in [0.15, 0.2) is 59.2 Å². The van der Waals surface area contributed by atoms with E-state index in [4.69, 9.17) is 34.8 Å². The summed E-state index contributed by atoms with van der Waals surface area (Å²) in [5.74, 6) is -0.176. The molecule has 8 heteroatoms. The van der Waals surface area contributed by atoms with E-state index in [1.165, 1.54) is 22.9 Å². The lowest BCUT2D eigenvalue weighted by Gasteiger charge is -2.12. The summed E-state index contributed by atoms with van der Waals surface area (Å²) in [6.45, 7) is 4.03. The minimum absolute atomic E-state index is 0.176. The van der Waals surface area contributed by atoms with E-state index in [0.29, 0.717) is 42.9 Å². The molecule has 0 unspecified atom stereocenters. The first-order valence-corrected chi connectivity index (χ1v) is 9.40. The highest BCUT2D eigenvalue weighted by molar-refractivity contribution is 8.18. The highest BCUT2D eigenvalue weighted by atomic mass is 35.5. The molecule has 0 spiro atoms. The van der Waals surface area contributed by atoms with Crippen molar-refractivity contribution in [1.82, 2.24) is 9.88 Å². The van der Waals surface area contributed by atoms with Crippen LogP contribution < -0.4 is 0 Å². The summed E-state index contributed by atoms with van der Waals surface area (Å²) in [5.41, 5.74) is 1.24. The molecule has 3 rings (SSSR count). The van der Waals surface area contributed by atoms with Gasteiger partial charge in [0, 0.05) is 29.0 Å². The normalized spacial score (nSPS) is 17.3. The van der Waals surface area contributed by atoms with Crippen LogP contribution in [0.1, 0.15) is 5.56 Å². The molecule has 0 N–H and O–H groups in total. The monoisotopic (exact) mass is 423 g/mol. The number of halogens is 3. The van der Waals surface area contributed by atoms with E-state index >= 15 is 0 Å². The predicted octanol–water partition coefficient (Wildman–Crippen LogP) is 5.83. The molecule has 0 radical (unpaired) electrons. The molecule has 2 aromatic rings. The van der Waals surface area contributed by atoms with Gasteiger partial charge in [0.25, 0.3) is 5.91 Å². The Morgan fingerprint density at radius 1 is 1.23 bits per heavy atom. The fourth-order valence-electron chi connectivity index (χ4n) is 2.20. The standard InChI is InChI=1S/C18H12Cl3N3OS/c1-2-7-24-17(25)16(8-11-3-4-12(19)9-13(11)20)26-18(24)23-15-5-6-22-10-14(15)21/h2-6,8-10H,1,7H2/b16-8-,23-18?. The predicted molar refractivity (Wildman–Crippen MR) is 110 cm³/mol. The number of pyridine rings is 1. The molecule has 132 valence electrons. The zero-order valence-electron chi connectivity index (χ0n) is 13.3. The number of aliphatic imine (C=N–C) groups is 1. The molecular weight excluding hydrogens is 413 g/mol. The lowest BCUT2D eigenvalue weighted by atomic mass is 10.2. The average molecular weight is 425 g/mol. The van der Waals surface area contributed by atoms with E-state index in [0.717, 1.165) is 0 Å². The van der Waals surface area contributed by atoms with E-state index in [1.54, 1.807) is 42.6 Å². The van der Waals surface area contributed by atoms with E-state index < -0.39 is 0 Å². The van der Waals surface area contributed by atoms with Crippen molar-refractivity contribution in [2.45, 2.75) is 0 Å². The maximum atomic E-state index is 12.8. The molecule has 1 amide bonds. The first-order chi connectivity index (χ1) is 12.5. The van der Waals surface area contributed by atoms with Crippen LogP contribution in [0, 0.1) is 0 Å². The summed E-state index contributed by atoms with van der Waals surface area (Å²) in [4.78, 5) is 23.2. The Morgan fingerprint density at radius 3 is 2.73 bits per heavy atom. The van der Waals surface area contributed by atoms with Crippen molar-refractivity contribution in [1.29, 1.82) is 0 Å². The first kappa shape index (κ1) is 19.0. The zero-order chi connectivity index (χ0) is 18.7. The number of hydrogen-bond donors (Lipinski definition) is 0. The molecule has 1 aromatic heterocycles. The van der Waals surface area contributed by atoms with Gasteiger partial charge in [-0.05, 0) is 41.6 Å². The summed E-state index contributed by atoms with van der Waals surface area (Å²) < 4.78 is 0. The molecule has 0 saturated carbocycles. The van der Waals surface area contributed by atoms with Crippen LogP contribution in [0.2, 0.25) is 15.1 Å². The third-order valence-electron chi connectivity index (χ3n) is 3.42. The van der Waals surface area contributed by atoms with Crippen molar-refractivity contribution in [3.05, 3.63) is 74.9 Å². The molecule has 26 heavy (non-hydrogen) atoms. The third-order valence-corrected chi connectivity index (χ3v) is 5.28. The number of rotatable bonds is 4. The van der Waals surface area contributed by atoms with Crippen LogP contribution in [-0.2, 0) is 4.79 Å². The molecule has 1 saturated heterocycles. The van der Waals surface area contributed by atoms with Gasteiger partial charge in [-0.25, -0.2) is 4.99 Å². The maximum Gasteiger partial charge on any atom is 0.267 e. The van der Waals surface area contributed by atoms with Crippen LogP contribution in [0.3, 0.4) is 0 Å². The summed E-state index contributed by atoms with van der Waals surface area (Å²) >= 11 is 19.5. The van der Waals surface area contributed by atoms with Gasteiger partial charge in [-0.3, -0.25) is 14.7 Å². The number of aromatic nitrogens is 1. The summed E-state index contributed by atoms with van der Waals surface area (Å²) in [6.07, 6.45) is 6.46. The lowest BCUT2D eigenvalue weighted by molar-refractivity contribution is -0.121. The van der Waals surface area contributed by atoms with Gasteiger partial charge in [0.1, 0.15) is 0 Å². The van der Waals surface area contributed by atoms with Gasteiger partial charge in [-0.15, -0.1) is 6.58 Å². The fraction of sp³-hybridized carbons (Fsp3) is 0.0556. The second-order valence-electron chi connectivity index (χ2n) is 5.20. The molecule has 1 aliphatic heterocycles. The van der Waals surface area contributed by atoms with Crippen molar-refractivity contribution >= 4 is 69.4 Å². The van der Waals surface area contributed by atoms with E-state index in [2.05, 4.69) is 16.6 Å². The van der Waals surface area contributed by atoms with Crippen molar-refractivity contribution in [3.8, 4) is 0 Å². The molecule has 0 atom stereocenters. The number of amides is 1. The number of carbonyl (C=O) groups excluding carboxylic acids is 1. The van der Waals surface area contributed by atoms with E-state index in [1.807, 2.05) is 0 Å². The third kappa shape index (κ3) is 4.13. The van der Waals surface area contributed by atoms with Crippen LogP contribution in [0.4, 0.5) is 5.69 Å². The Morgan fingerprint density at radius 2 is 2.04 bits per heavy atom.